The van der Waals surface area contributed by atoms with Crippen molar-refractivity contribution in [3.8, 4) is 5.75 Å². The van der Waals surface area contributed by atoms with Gasteiger partial charge in [0, 0.05) is 49.2 Å². The van der Waals surface area contributed by atoms with Crippen LogP contribution in [0.4, 0.5) is 4.39 Å². The number of halogens is 1. The van der Waals surface area contributed by atoms with Crippen molar-refractivity contribution in [3.05, 3.63) is 23.5 Å². The summed E-state index contributed by atoms with van der Waals surface area (Å²) >= 11 is 1.31. The second kappa shape index (κ2) is 10.7. The molecule has 2 saturated carbocycles. The number of nitrogens with zero attached hydrogens (tertiary/aromatic N) is 2. The van der Waals surface area contributed by atoms with E-state index in [0.717, 1.165) is 38.5 Å². The molecule has 3 fully saturated rings. The van der Waals surface area contributed by atoms with Gasteiger partial charge in [-0.1, -0.05) is 19.3 Å². The highest BCUT2D eigenvalue weighted by molar-refractivity contribution is 7.98. The van der Waals surface area contributed by atoms with Crippen LogP contribution in [0.25, 0.3) is 0 Å². The first-order valence-electron chi connectivity index (χ1n) is 12.2. The Bertz CT molecular complexity index is 961. The molecule has 1 aliphatic heterocycles. The summed E-state index contributed by atoms with van der Waals surface area (Å²) in [5, 5.41) is 3.12. The maximum atomic E-state index is 13.9. The Kier molecular flexibility index (Phi) is 8.11. The van der Waals surface area contributed by atoms with Gasteiger partial charge < -0.3 is 10.1 Å². The summed E-state index contributed by atoms with van der Waals surface area (Å²) in [4.78, 5) is 16.2. The molecule has 1 saturated heterocycles. The number of ether oxygens (including phenoxy) is 1. The van der Waals surface area contributed by atoms with Crippen LogP contribution in [0.1, 0.15) is 55.3 Å². The lowest BCUT2D eigenvalue weighted by atomic mass is 9.79. The second-order valence-corrected chi connectivity index (χ2v) is 12.6. The van der Waals surface area contributed by atoms with Gasteiger partial charge in [-0.05, 0) is 43.9 Å². The molecule has 0 unspecified atom stereocenters. The van der Waals surface area contributed by atoms with Gasteiger partial charge in [-0.25, -0.2) is 12.8 Å². The molecule has 1 aromatic carbocycles. The fraction of sp³-hybridized carbons (Fsp3) is 0.708. The van der Waals surface area contributed by atoms with Crippen molar-refractivity contribution >= 4 is 27.7 Å². The smallest absolute Gasteiger partial charge is 0.256 e. The van der Waals surface area contributed by atoms with Gasteiger partial charge in [-0.15, -0.1) is 11.8 Å². The van der Waals surface area contributed by atoms with E-state index in [9.17, 15) is 17.6 Å². The maximum Gasteiger partial charge on any atom is 0.256 e. The van der Waals surface area contributed by atoms with Crippen molar-refractivity contribution in [1.29, 1.82) is 0 Å². The molecule has 4 rings (SSSR count). The average Bonchev–Trinajstić information content (AvgIpc) is 3.66. The van der Waals surface area contributed by atoms with Crippen LogP contribution >= 0.6 is 11.8 Å². The Labute approximate surface area is 206 Å². The van der Waals surface area contributed by atoms with Crippen molar-refractivity contribution in [2.24, 2.45) is 5.92 Å². The quantitative estimate of drug-likeness (QED) is 0.511. The van der Waals surface area contributed by atoms with Crippen LogP contribution in [0.5, 0.6) is 5.75 Å². The highest BCUT2D eigenvalue weighted by Crippen LogP contribution is 2.36. The summed E-state index contributed by atoms with van der Waals surface area (Å²) in [5.74, 6) is 0.158. The zero-order valence-corrected chi connectivity index (χ0v) is 21.8. The number of piperazine rings is 1. The first-order valence-corrected chi connectivity index (χ1v) is 15.0. The van der Waals surface area contributed by atoms with Crippen LogP contribution in [0.2, 0.25) is 0 Å². The van der Waals surface area contributed by atoms with E-state index < -0.39 is 15.8 Å². The minimum absolute atomic E-state index is 0.187. The number of nitrogens with one attached hydrogen (secondary N) is 1. The third kappa shape index (κ3) is 5.71. The third-order valence-electron chi connectivity index (χ3n) is 7.51. The molecule has 0 atom stereocenters. The zero-order chi connectivity index (χ0) is 24.3. The average molecular weight is 514 g/mol. The number of rotatable bonds is 9. The molecule has 0 bridgehead atoms. The number of thioether (sulfide) groups is 1. The molecule has 1 amide bonds. The Morgan fingerprint density at radius 2 is 1.85 bits per heavy atom. The minimum Gasteiger partial charge on any atom is -0.496 e. The number of amides is 1. The van der Waals surface area contributed by atoms with Crippen molar-refractivity contribution in [2.45, 2.75) is 55.4 Å². The zero-order valence-electron chi connectivity index (χ0n) is 20.1. The molecule has 0 aromatic heterocycles. The molecule has 1 N–H and O–H groups in total. The molecule has 0 radical (unpaired) electrons. The van der Waals surface area contributed by atoms with Crippen molar-refractivity contribution in [3.63, 3.8) is 0 Å². The summed E-state index contributed by atoms with van der Waals surface area (Å²) in [6.45, 7) is 2.85. The Morgan fingerprint density at radius 1 is 1.18 bits per heavy atom. The summed E-state index contributed by atoms with van der Waals surface area (Å²) in [6.07, 6.45) is 9.16. The van der Waals surface area contributed by atoms with Gasteiger partial charge in [0.15, 0.2) is 0 Å². The minimum atomic E-state index is -3.18. The standard InChI is InChI=1S/C24H36FN3O4S2/c1-32-20-14-19(25)15-21(33-2)22(20)23(29)26-17-24(8-4-3-5-9-24)27-10-12-28(13-11-27)34(30,31)16-18-6-7-18/h14-15,18H,3-13,16-17H2,1-2H3,(H,26,29). The van der Waals surface area contributed by atoms with Crippen LogP contribution in [0.15, 0.2) is 17.0 Å². The van der Waals surface area contributed by atoms with E-state index in [1.54, 1.807) is 4.31 Å². The Morgan fingerprint density at radius 3 is 2.44 bits per heavy atom. The molecular weight excluding hydrogens is 477 g/mol. The van der Waals surface area contributed by atoms with Crippen molar-refractivity contribution in [2.75, 3.05) is 51.8 Å². The van der Waals surface area contributed by atoms with Crippen LogP contribution < -0.4 is 10.1 Å². The third-order valence-corrected chi connectivity index (χ3v) is 10.3. The van der Waals surface area contributed by atoms with Crippen LogP contribution in [-0.4, -0.2) is 80.9 Å². The predicted molar refractivity (Wildman–Crippen MR) is 133 cm³/mol. The highest BCUT2D eigenvalue weighted by atomic mass is 32.2. The Balaban J connectivity index is 1.45. The van der Waals surface area contributed by atoms with E-state index in [-0.39, 0.29) is 22.9 Å². The molecule has 10 heteroatoms. The summed E-state index contributed by atoms with van der Waals surface area (Å²) in [6, 6.07) is 2.60. The number of benzene rings is 1. The molecule has 1 heterocycles. The number of sulfonamides is 1. The van der Waals surface area contributed by atoms with Gasteiger partial charge in [0.25, 0.3) is 5.91 Å². The second-order valence-electron chi connectivity index (χ2n) is 9.76. The summed E-state index contributed by atoms with van der Waals surface area (Å²) in [5.41, 5.74) is 0.172. The molecule has 3 aliphatic rings. The van der Waals surface area contributed by atoms with Gasteiger partial charge in [0.05, 0.1) is 18.4 Å². The molecule has 0 spiro atoms. The maximum absolute atomic E-state index is 13.9. The number of methoxy groups -OCH3 is 1. The predicted octanol–water partition coefficient (Wildman–Crippen LogP) is 3.35. The van der Waals surface area contributed by atoms with E-state index in [1.165, 1.54) is 37.4 Å². The Hall–Kier alpha value is -1.36. The van der Waals surface area contributed by atoms with E-state index in [4.69, 9.17) is 4.74 Å². The monoisotopic (exact) mass is 513 g/mol. The van der Waals surface area contributed by atoms with Crippen LogP contribution in [0, 0.1) is 11.7 Å². The first kappa shape index (κ1) is 25.7. The normalized spacial score (nSPS) is 21.9. The van der Waals surface area contributed by atoms with Gasteiger partial charge in [-0.2, -0.15) is 4.31 Å². The fourth-order valence-electron chi connectivity index (χ4n) is 5.38. The van der Waals surface area contributed by atoms with Crippen molar-refractivity contribution in [1.82, 2.24) is 14.5 Å². The lowest BCUT2D eigenvalue weighted by Gasteiger charge is -2.49. The fourth-order valence-corrected chi connectivity index (χ4v) is 7.87. The molecule has 1 aromatic rings. The number of carbonyl (C=O) groups excluding carboxylic acids is 1. The van der Waals surface area contributed by atoms with E-state index in [2.05, 4.69) is 10.2 Å². The van der Waals surface area contributed by atoms with E-state index in [0.29, 0.717) is 49.1 Å². The van der Waals surface area contributed by atoms with Gasteiger partial charge >= 0.3 is 0 Å². The largest absolute Gasteiger partial charge is 0.496 e. The molecular formula is C24H36FN3O4S2. The molecule has 34 heavy (non-hydrogen) atoms. The topological polar surface area (TPSA) is 79.0 Å². The van der Waals surface area contributed by atoms with E-state index >= 15 is 0 Å². The van der Waals surface area contributed by atoms with Gasteiger partial charge in [0.2, 0.25) is 10.0 Å². The SMILES string of the molecule is COc1cc(F)cc(SC)c1C(=O)NCC1(N2CCN(S(=O)(=O)CC3CC3)CC2)CCCCC1. The van der Waals surface area contributed by atoms with Crippen LogP contribution in [-0.2, 0) is 10.0 Å². The lowest BCUT2D eigenvalue weighted by molar-refractivity contribution is 0.0239. The highest BCUT2D eigenvalue weighted by Gasteiger charge is 2.42. The lowest BCUT2D eigenvalue weighted by Crippen LogP contribution is -2.62. The summed E-state index contributed by atoms with van der Waals surface area (Å²) < 4.78 is 46.4. The summed E-state index contributed by atoms with van der Waals surface area (Å²) in [7, 11) is -1.75. The molecule has 7 nitrogen and oxygen atoms in total. The molecule has 190 valence electrons. The van der Waals surface area contributed by atoms with Gasteiger partial charge in [0.1, 0.15) is 11.6 Å². The number of carbonyl (C=O) groups is 1. The van der Waals surface area contributed by atoms with Crippen LogP contribution in [0.3, 0.4) is 0 Å². The van der Waals surface area contributed by atoms with E-state index in [1.807, 2.05) is 6.26 Å². The van der Waals surface area contributed by atoms with Gasteiger partial charge in [-0.3, -0.25) is 9.69 Å². The first-order chi connectivity index (χ1) is 16.3. The number of hydrogen-bond donors (Lipinski definition) is 1. The molecule has 2 aliphatic carbocycles. The van der Waals surface area contributed by atoms with Crippen molar-refractivity contribution < 1.29 is 22.3 Å². The number of hydrogen-bond acceptors (Lipinski definition) is 6.